The Morgan fingerprint density at radius 3 is 2.91 bits per heavy atom. The lowest BCUT2D eigenvalue weighted by molar-refractivity contribution is 0.102. The highest BCUT2D eigenvalue weighted by Gasteiger charge is 2.11. The van der Waals surface area contributed by atoms with E-state index in [0.717, 1.165) is 23.0 Å². The van der Waals surface area contributed by atoms with E-state index in [9.17, 15) is 4.79 Å². The summed E-state index contributed by atoms with van der Waals surface area (Å²) in [6.07, 6.45) is 2.51. The molecule has 22 heavy (non-hydrogen) atoms. The van der Waals surface area contributed by atoms with Crippen LogP contribution in [0.3, 0.4) is 0 Å². The Morgan fingerprint density at radius 1 is 1.27 bits per heavy atom. The maximum absolute atomic E-state index is 12.4. The second-order valence-electron chi connectivity index (χ2n) is 4.98. The Morgan fingerprint density at radius 2 is 2.14 bits per heavy atom. The molecule has 1 amide bonds. The summed E-state index contributed by atoms with van der Waals surface area (Å²) in [6.45, 7) is 2.07. The number of H-pyrrole nitrogens is 1. The lowest BCUT2D eigenvalue weighted by atomic mass is 10.1. The number of fused-ring (bicyclic) bond motifs is 1. The molecule has 0 aliphatic heterocycles. The second-order valence-corrected chi connectivity index (χ2v) is 4.98. The van der Waals surface area contributed by atoms with Gasteiger partial charge in [-0.25, -0.2) is 4.98 Å². The minimum absolute atomic E-state index is 0.178. The number of carbonyl (C=O) groups excluding carboxylic acids is 1. The number of aromatic nitrogens is 2. The van der Waals surface area contributed by atoms with Crippen molar-refractivity contribution in [3.63, 3.8) is 0 Å². The minimum atomic E-state index is -0.178. The number of anilines is 1. The SMILES string of the molecule is CCc1ccc(OC)c(NC(=O)c2ccc3nc[nH]c3c2)c1. The Balaban J connectivity index is 1.89. The van der Waals surface area contributed by atoms with Gasteiger partial charge in [-0.1, -0.05) is 13.0 Å². The molecular weight excluding hydrogens is 278 g/mol. The molecule has 3 aromatic rings. The number of carbonyl (C=O) groups is 1. The molecular formula is C17H17N3O2. The van der Waals surface area contributed by atoms with Crippen LogP contribution in [0.4, 0.5) is 5.69 Å². The zero-order chi connectivity index (χ0) is 15.5. The first kappa shape index (κ1) is 14.1. The van der Waals surface area contributed by atoms with Gasteiger partial charge in [0.15, 0.2) is 0 Å². The van der Waals surface area contributed by atoms with Gasteiger partial charge in [0.25, 0.3) is 5.91 Å². The van der Waals surface area contributed by atoms with E-state index in [1.807, 2.05) is 24.3 Å². The maximum atomic E-state index is 12.4. The van der Waals surface area contributed by atoms with Crippen molar-refractivity contribution in [2.45, 2.75) is 13.3 Å². The lowest BCUT2D eigenvalue weighted by Gasteiger charge is -2.11. The summed E-state index contributed by atoms with van der Waals surface area (Å²) < 4.78 is 5.31. The molecule has 2 N–H and O–H groups in total. The van der Waals surface area contributed by atoms with Gasteiger partial charge in [-0.05, 0) is 42.3 Å². The molecule has 0 bridgehead atoms. The smallest absolute Gasteiger partial charge is 0.255 e. The summed E-state index contributed by atoms with van der Waals surface area (Å²) in [5, 5.41) is 2.91. The molecule has 0 saturated heterocycles. The fourth-order valence-electron chi connectivity index (χ4n) is 2.34. The van der Waals surface area contributed by atoms with Crippen molar-refractivity contribution >= 4 is 22.6 Å². The van der Waals surface area contributed by atoms with E-state index in [2.05, 4.69) is 22.2 Å². The van der Waals surface area contributed by atoms with Crippen molar-refractivity contribution in [2.75, 3.05) is 12.4 Å². The largest absolute Gasteiger partial charge is 0.495 e. The van der Waals surface area contributed by atoms with Crippen molar-refractivity contribution in [1.29, 1.82) is 0 Å². The number of ether oxygens (including phenoxy) is 1. The Kier molecular flexibility index (Phi) is 3.78. The highest BCUT2D eigenvalue weighted by atomic mass is 16.5. The molecule has 0 saturated carbocycles. The summed E-state index contributed by atoms with van der Waals surface area (Å²) >= 11 is 0. The number of hydrogen-bond donors (Lipinski definition) is 2. The highest BCUT2D eigenvalue weighted by molar-refractivity contribution is 6.06. The van der Waals surface area contributed by atoms with Crippen LogP contribution >= 0.6 is 0 Å². The van der Waals surface area contributed by atoms with Gasteiger partial charge in [-0.3, -0.25) is 4.79 Å². The van der Waals surface area contributed by atoms with Crippen LogP contribution in [0.2, 0.25) is 0 Å². The topological polar surface area (TPSA) is 67.0 Å². The van der Waals surface area contributed by atoms with Gasteiger partial charge in [0.05, 0.1) is 30.2 Å². The summed E-state index contributed by atoms with van der Waals surface area (Å²) in [5.41, 5.74) is 4.06. The number of amides is 1. The van der Waals surface area contributed by atoms with Crippen LogP contribution in [0.5, 0.6) is 5.75 Å². The van der Waals surface area contributed by atoms with E-state index in [1.54, 1.807) is 25.6 Å². The predicted octanol–water partition coefficient (Wildman–Crippen LogP) is 3.39. The number of methoxy groups -OCH3 is 1. The van der Waals surface area contributed by atoms with Crippen molar-refractivity contribution in [3.05, 3.63) is 53.9 Å². The van der Waals surface area contributed by atoms with E-state index < -0.39 is 0 Å². The van der Waals surface area contributed by atoms with Crippen molar-refractivity contribution in [2.24, 2.45) is 0 Å². The first-order valence-electron chi connectivity index (χ1n) is 7.12. The van der Waals surface area contributed by atoms with Gasteiger partial charge in [-0.2, -0.15) is 0 Å². The van der Waals surface area contributed by atoms with Gasteiger partial charge in [0.1, 0.15) is 5.75 Å². The van der Waals surface area contributed by atoms with Crippen LogP contribution in [0.1, 0.15) is 22.8 Å². The third kappa shape index (κ3) is 2.65. The van der Waals surface area contributed by atoms with Crippen LogP contribution < -0.4 is 10.1 Å². The molecule has 5 nitrogen and oxygen atoms in total. The highest BCUT2D eigenvalue weighted by Crippen LogP contribution is 2.26. The van der Waals surface area contributed by atoms with Crippen molar-refractivity contribution in [1.82, 2.24) is 9.97 Å². The number of aromatic amines is 1. The van der Waals surface area contributed by atoms with Gasteiger partial charge in [0, 0.05) is 5.56 Å². The first-order valence-corrected chi connectivity index (χ1v) is 7.12. The number of benzene rings is 2. The average molecular weight is 295 g/mol. The maximum Gasteiger partial charge on any atom is 0.255 e. The molecule has 5 heteroatoms. The molecule has 1 aromatic heterocycles. The fourth-order valence-corrected chi connectivity index (χ4v) is 2.34. The summed E-state index contributed by atoms with van der Waals surface area (Å²) in [5.74, 6) is 0.469. The monoisotopic (exact) mass is 295 g/mol. The zero-order valence-electron chi connectivity index (χ0n) is 12.5. The number of imidazole rings is 1. The fraction of sp³-hybridized carbons (Fsp3) is 0.176. The normalized spacial score (nSPS) is 10.6. The molecule has 3 rings (SSSR count). The lowest BCUT2D eigenvalue weighted by Crippen LogP contribution is -2.12. The first-order chi connectivity index (χ1) is 10.7. The van der Waals surface area contributed by atoms with Crippen LogP contribution in [-0.4, -0.2) is 23.0 Å². The van der Waals surface area contributed by atoms with Crippen LogP contribution in [-0.2, 0) is 6.42 Å². The number of rotatable bonds is 4. The van der Waals surface area contributed by atoms with E-state index in [-0.39, 0.29) is 5.91 Å². The standard InChI is InChI=1S/C17H17N3O2/c1-3-11-4-7-16(22-2)15(8-11)20-17(21)12-5-6-13-14(9-12)19-10-18-13/h4-10H,3H2,1-2H3,(H,18,19)(H,20,21). The third-order valence-corrected chi connectivity index (χ3v) is 3.60. The number of hydrogen-bond acceptors (Lipinski definition) is 3. The molecule has 1 heterocycles. The molecule has 0 radical (unpaired) electrons. The minimum Gasteiger partial charge on any atom is -0.495 e. The molecule has 0 aliphatic rings. The second kappa shape index (κ2) is 5.89. The van der Waals surface area contributed by atoms with Gasteiger partial charge < -0.3 is 15.0 Å². The zero-order valence-corrected chi connectivity index (χ0v) is 12.5. The Labute approximate surface area is 128 Å². The van der Waals surface area contributed by atoms with E-state index >= 15 is 0 Å². The van der Waals surface area contributed by atoms with Gasteiger partial charge in [0.2, 0.25) is 0 Å². The third-order valence-electron chi connectivity index (χ3n) is 3.60. The number of aryl methyl sites for hydroxylation is 1. The quantitative estimate of drug-likeness (QED) is 0.775. The summed E-state index contributed by atoms with van der Waals surface area (Å²) in [7, 11) is 1.59. The van der Waals surface area contributed by atoms with Gasteiger partial charge >= 0.3 is 0 Å². The van der Waals surface area contributed by atoms with Crippen LogP contribution in [0.15, 0.2) is 42.7 Å². The number of nitrogens with one attached hydrogen (secondary N) is 2. The van der Waals surface area contributed by atoms with E-state index in [4.69, 9.17) is 4.74 Å². The molecule has 0 atom stereocenters. The van der Waals surface area contributed by atoms with Crippen LogP contribution in [0.25, 0.3) is 11.0 Å². The Bertz CT molecular complexity index is 824. The van der Waals surface area contributed by atoms with Crippen LogP contribution in [0, 0.1) is 0 Å². The number of nitrogens with zero attached hydrogens (tertiary/aromatic N) is 1. The average Bonchev–Trinajstić information content (AvgIpc) is 3.02. The molecule has 112 valence electrons. The van der Waals surface area contributed by atoms with E-state index in [1.165, 1.54) is 0 Å². The Hall–Kier alpha value is -2.82. The summed E-state index contributed by atoms with van der Waals surface area (Å²) in [6, 6.07) is 11.2. The van der Waals surface area contributed by atoms with Gasteiger partial charge in [-0.15, -0.1) is 0 Å². The summed E-state index contributed by atoms with van der Waals surface area (Å²) in [4.78, 5) is 19.6. The van der Waals surface area contributed by atoms with Crippen molar-refractivity contribution < 1.29 is 9.53 Å². The molecule has 0 aliphatic carbocycles. The van der Waals surface area contributed by atoms with E-state index in [0.29, 0.717) is 17.0 Å². The van der Waals surface area contributed by atoms with Crippen molar-refractivity contribution in [3.8, 4) is 5.75 Å². The molecule has 0 fully saturated rings. The molecule has 2 aromatic carbocycles. The predicted molar refractivity (Wildman–Crippen MR) is 86.4 cm³/mol. The molecule has 0 unspecified atom stereocenters. The molecule has 0 spiro atoms.